The monoisotopic (exact) mass is 317 g/mol. The summed E-state index contributed by atoms with van der Waals surface area (Å²) >= 11 is 7.59. The van der Waals surface area contributed by atoms with Gasteiger partial charge in [-0.3, -0.25) is 5.01 Å². The largest absolute Gasteiger partial charge is 0.306 e. The van der Waals surface area contributed by atoms with Crippen molar-refractivity contribution in [3.05, 3.63) is 52.5 Å². The van der Waals surface area contributed by atoms with Crippen LogP contribution in [0.15, 0.2) is 48.2 Å². The Kier molecular flexibility index (Phi) is 3.17. The van der Waals surface area contributed by atoms with Crippen LogP contribution >= 0.6 is 22.9 Å². The second kappa shape index (κ2) is 5.05. The normalized spacial score (nSPS) is 21.3. The fourth-order valence-corrected chi connectivity index (χ4v) is 3.67. The van der Waals surface area contributed by atoms with Crippen molar-refractivity contribution in [1.82, 2.24) is 5.43 Å². The van der Waals surface area contributed by atoms with Crippen LogP contribution in [0.2, 0.25) is 4.34 Å². The third kappa shape index (κ3) is 2.55. The number of anilines is 1. The van der Waals surface area contributed by atoms with Crippen molar-refractivity contribution < 1.29 is 0 Å². The molecule has 0 bridgehead atoms. The maximum Gasteiger partial charge on any atom is 0.118 e. The molecule has 1 aliphatic heterocycles. The lowest BCUT2D eigenvalue weighted by molar-refractivity contribution is 0.676. The standard InChI is InChI=1S/C16H16ClN3S/c17-15-8-7-14(21-15)11-3-5-12(6-4-11)20-16(18)9-13(19-20)10-1-2-10/h3-10,16,19H,1-2,18H2. The number of hydrazine groups is 1. The Balaban J connectivity index is 1.54. The molecule has 1 unspecified atom stereocenters. The van der Waals surface area contributed by atoms with Crippen molar-refractivity contribution in [2.45, 2.75) is 19.0 Å². The molecule has 1 aromatic carbocycles. The fraction of sp³-hybridized carbons (Fsp3) is 0.250. The van der Waals surface area contributed by atoms with Gasteiger partial charge < -0.3 is 11.2 Å². The molecule has 3 nitrogen and oxygen atoms in total. The van der Waals surface area contributed by atoms with Crippen LogP contribution in [0.3, 0.4) is 0 Å². The predicted octanol–water partition coefficient (Wildman–Crippen LogP) is 3.97. The van der Waals surface area contributed by atoms with Crippen molar-refractivity contribution in [2.75, 3.05) is 5.01 Å². The number of allylic oxidation sites excluding steroid dienone is 1. The van der Waals surface area contributed by atoms with Gasteiger partial charge in [-0.2, -0.15) is 0 Å². The van der Waals surface area contributed by atoms with Gasteiger partial charge >= 0.3 is 0 Å². The Morgan fingerprint density at radius 3 is 2.52 bits per heavy atom. The van der Waals surface area contributed by atoms with Crippen molar-refractivity contribution in [3.63, 3.8) is 0 Å². The topological polar surface area (TPSA) is 41.3 Å². The van der Waals surface area contributed by atoms with Gasteiger partial charge in [0.15, 0.2) is 0 Å². The number of hydrogen-bond acceptors (Lipinski definition) is 4. The summed E-state index contributed by atoms with van der Waals surface area (Å²) in [6.45, 7) is 0. The average molecular weight is 318 g/mol. The van der Waals surface area contributed by atoms with E-state index in [0.29, 0.717) is 5.92 Å². The Bertz CT molecular complexity index is 688. The molecule has 1 aliphatic carbocycles. The van der Waals surface area contributed by atoms with Crippen LogP contribution in [0.5, 0.6) is 0 Å². The minimum Gasteiger partial charge on any atom is -0.306 e. The first-order valence-corrected chi connectivity index (χ1v) is 8.29. The van der Waals surface area contributed by atoms with Crippen molar-refractivity contribution in [2.24, 2.45) is 11.7 Å². The molecule has 1 saturated carbocycles. The van der Waals surface area contributed by atoms with Gasteiger partial charge in [0, 0.05) is 16.5 Å². The Hall–Kier alpha value is -1.49. The van der Waals surface area contributed by atoms with Gasteiger partial charge in [0.1, 0.15) is 6.17 Å². The Morgan fingerprint density at radius 1 is 1.14 bits per heavy atom. The first-order valence-electron chi connectivity index (χ1n) is 7.10. The molecule has 108 valence electrons. The fourth-order valence-electron chi connectivity index (χ4n) is 2.62. The summed E-state index contributed by atoms with van der Waals surface area (Å²) < 4.78 is 0.815. The highest BCUT2D eigenvalue weighted by Gasteiger charge is 2.32. The lowest BCUT2D eigenvalue weighted by Gasteiger charge is -2.24. The van der Waals surface area contributed by atoms with E-state index in [9.17, 15) is 0 Å². The van der Waals surface area contributed by atoms with Crippen LogP contribution in [0.4, 0.5) is 5.69 Å². The van der Waals surface area contributed by atoms with Gasteiger partial charge in [-0.05, 0) is 48.7 Å². The smallest absolute Gasteiger partial charge is 0.118 e. The van der Waals surface area contributed by atoms with E-state index in [1.165, 1.54) is 29.0 Å². The van der Waals surface area contributed by atoms with Crippen LogP contribution in [0, 0.1) is 5.92 Å². The minimum atomic E-state index is -0.0948. The Morgan fingerprint density at radius 2 is 1.90 bits per heavy atom. The van der Waals surface area contributed by atoms with Gasteiger partial charge in [0.05, 0.1) is 10.0 Å². The zero-order chi connectivity index (χ0) is 14.4. The van der Waals surface area contributed by atoms with Crippen molar-refractivity contribution >= 4 is 28.6 Å². The van der Waals surface area contributed by atoms with Crippen molar-refractivity contribution in [3.8, 4) is 10.4 Å². The molecule has 2 aromatic rings. The molecule has 4 rings (SSSR count). The molecule has 2 heterocycles. The highest BCUT2D eigenvalue weighted by atomic mass is 35.5. The van der Waals surface area contributed by atoms with Gasteiger partial charge in [-0.25, -0.2) is 0 Å². The second-order valence-corrected chi connectivity index (χ2v) is 7.23. The second-order valence-electron chi connectivity index (χ2n) is 5.52. The number of nitrogens with one attached hydrogen (secondary N) is 1. The molecule has 2 aliphatic rings. The summed E-state index contributed by atoms with van der Waals surface area (Å²) in [4.78, 5) is 1.18. The Labute approximate surface area is 133 Å². The molecule has 0 spiro atoms. The third-order valence-electron chi connectivity index (χ3n) is 3.92. The highest BCUT2D eigenvalue weighted by molar-refractivity contribution is 7.19. The zero-order valence-corrected chi connectivity index (χ0v) is 13.0. The van der Waals surface area contributed by atoms with E-state index in [-0.39, 0.29) is 6.17 Å². The third-order valence-corrected chi connectivity index (χ3v) is 5.20. The maximum absolute atomic E-state index is 6.19. The molecule has 0 saturated heterocycles. The molecule has 3 N–H and O–H groups in total. The number of halogens is 1. The summed E-state index contributed by atoms with van der Waals surface area (Å²) in [6.07, 6.45) is 4.59. The van der Waals surface area contributed by atoms with Gasteiger partial charge in [-0.15, -0.1) is 11.3 Å². The number of hydrogen-bond donors (Lipinski definition) is 2. The van der Waals surface area contributed by atoms with Crippen molar-refractivity contribution in [1.29, 1.82) is 0 Å². The number of nitrogens with two attached hydrogens (primary N) is 1. The summed E-state index contributed by atoms with van der Waals surface area (Å²) in [5, 5.41) is 2.03. The molecule has 5 heteroatoms. The lowest BCUT2D eigenvalue weighted by Crippen LogP contribution is -2.43. The van der Waals surface area contributed by atoms with E-state index in [1.807, 2.05) is 11.1 Å². The summed E-state index contributed by atoms with van der Waals surface area (Å²) in [5.41, 5.74) is 13.2. The van der Waals surface area contributed by atoms with E-state index in [4.69, 9.17) is 17.3 Å². The van der Waals surface area contributed by atoms with Crippen LogP contribution < -0.4 is 16.2 Å². The summed E-state index contributed by atoms with van der Waals surface area (Å²) in [6, 6.07) is 12.4. The molecule has 0 radical (unpaired) electrons. The number of nitrogens with zero attached hydrogens (tertiary/aromatic N) is 1. The zero-order valence-electron chi connectivity index (χ0n) is 11.4. The van der Waals surface area contributed by atoms with Crippen LogP contribution in [-0.4, -0.2) is 6.17 Å². The molecule has 1 atom stereocenters. The molecule has 1 aromatic heterocycles. The van der Waals surface area contributed by atoms with Crippen LogP contribution in [0.1, 0.15) is 12.8 Å². The summed E-state index contributed by atoms with van der Waals surface area (Å²) in [5.74, 6) is 0.689. The van der Waals surface area contributed by atoms with E-state index in [1.54, 1.807) is 11.3 Å². The molecule has 1 fully saturated rings. The molecule has 0 amide bonds. The molecular weight excluding hydrogens is 302 g/mol. The van der Waals surface area contributed by atoms with Gasteiger partial charge in [0.25, 0.3) is 0 Å². The van der Waals surface area contributed by atoms with E-state index in [2.05, 4.69) is 41.8 Å². The number of thiophene rings is 1. The molecule has 21 heavy (non-hydrogen) atoms. The predicted molar refractivity (Wildman–Crippen MR) is 89.2 cm³/mol. The summed E-state index contributed by atoms with van der Waals surface area (Å²) in [7, 11) is 0. The maximum atomic E-state index is 6.19. The number of rotatable bonds is 3. The first kappa shape index (κ1) is 13.2. The quantitative estimate of drug-likeness (QED) is 0.900. The van der Waals surface area contributed by atoms with E-state index >= 15 is 0 Å². The number of benzene rings is 1. The highest BCUT2D eigenvalue weighted by Crippen LogP contribution is 2.38. The van der Waals surface area contributed by atoms with E-state index < -0.39 is 0 Å². The minimum absolute atomic E-state index is 0.0948. The molecular formula is C16H16ClN3S. The average Bonchev–Trinajstić information content (AvgIpc) is 3.14. The van der Waals surface area contributed by atoms with E-state index in [0.717, 1.165) is 10.0 Å². The van der Waals surface area contributed by atoms with Crippen LogP contribution in [-0.2, 0) is 0 Å². The van der Waals surface area contributed by atoms with Crippen LogP contribution in [0.25, 0.3) is 10.4 Å². The van der Waals surface area contributed by atoms with Gasteiger partial charge in [-0.1, -0.05) is 23.7 Å². The lowest BCUT2D eigenvalue weighted by atomic mass is 10.1. The van der Waals surface area contributed by atoms with Gasteiger partial charge in [0.2, 0.25) is 0 Å². The first-order chi connectivity index (χ1) is 10.2. The SMILES string of the molecule is NC1C=C(C2CC2)NN1c1ccc(-c2ccc(Cl)s2)cc1.